The van der Waals surface area contributed by atoms with E-state index in [2.05, 4.69) is 30.5 Å². The number of thiazole rings is 1. The lowest BCUT2D eigenvalue weighted by Gasteiger charge is -2.08. The van der Waals surface area contributed by atoms with Gasteiger partial charge in [0.25, 0.3) is 5.91 Å². The number of nitrogens with one attached hydrogen (secondary N) is 1. The van der Waals surface area contributed by atoms with E-state index in [-0.39, 0.29) is 23.2 Å². The topological polar surface area (TPSA) is 133 Å². The van der Waals surface area contributed by atoms with Crippen LogP contribution in [-0.2, 0) is 6.54 Å². The highest BCUT2D eigenvalue weighted by molar-refractivity contribution is 7.13. The third kappa shape index (κ3) is 5.27. The first-order valence-electron chi connectivity index (χ1n) is 11.4. The van der Waals surface area contributed by atoms with Gasteiger partial charge >= 0.3 is 6.03 Å². The average molecular weight is 530 g/mol. The highest BCUT2D eigenvalue weighted by Gasteiger charge is 2.21. The molecule has 5 rings (SSSR count). The summed E-state index contributed by atoms with van der Waals surface area (Å²) in [5.41, 5.74) is 2.65. The molecular formula is C25H23N9O3S. The molecule has 2 amide bonds. The SMILES string of the molecule is COc1ccc(Cn2cc(-c3nc(C(=O)Nc4cn(C(=O)N(C)C)nc4-c4ncccn4)cs3)cn2)cc1. The fourth-order valence-corrected chi connectivity index (χ4v) is 4.31. The molecule has 0 aliphatic heterocycles. The van der Waals surface area contributed by atoms with Gasteiger partial charge in [-0.1, -0.05) is 12.1 Å². The minimum atomic E-state index is -0.452. The number of aromatic nitrogens is 7. The van der Waals surface area contributed by atoms with Gasteiger partial charge < -0.3 is 15.0 Å². The average Bonchev–Trinajstić information content (AvgIpc) is 3.69. The Bertz CT molecular complexity index is 1570. The molecule has 0 radical (unpaired) electrons. The molecule has 1 aromatic carbocycles. The van der Waals surface area contributed by atoms with E-state index in [1.165, 1.54) is 22.4 Å². The molecule has 5 aromatic rings. The van der Waals surface area contributed by atoms with Crippen LogP contribution in [0.1, 0.15) is 16.1 Å². The number of ether oxygens (including phenoxy) is 1. The van der Waals surface area contributed by atoms with Gasteiger partial charge in [-0.05, 0) is 23.8 Å². The predicted molar refractivity (Wildman–Crippen MR) is 141 cm³/mol. The van der Waals surface area contributed by atoms with Gasteiger partial charge in [-0.3, -0.25) is 9.48 Å². The van der Waals surface area contributed by atoms with Crippen molar-refractivity contribution < 1.29 is 14.3 Å². The highest BCUT2D eigenvalue weighted by atomic mass is 32.1. The molecular weight excluding hydrogens is 506 g/mol. The van der Waals surface area contributed by atoms with Crippen molar-refractivity contribution >= 4 is 29.0 Å². The Kier molecular flexibility index (Phi) is 6.91. The molecule has 0 saturated heterocycles. The second-order valence-corrected chi connectivity index (χ2v) is 9.21. The van der Waals surface area contributed by atoms with E-state index in [4.69, 9.17) is 4.74 Å². The molecule has 0 unspecified atom stereocenters. The lowest BCUT2D eigenvalue weighted by Crippen LogP contribution is -2.27. The summed E-state index contributed by atoms with van der Waals surface area (Å²) < 4.78 is 8.14. The maximum atomic E-state index is 13.1. The first-order valence-corrected chi connectivity index (χ1v) is 12.3. The number of amides is 2. The summed E-state index contributed by atoms with van der Waals surface area (Å²) in [6.07, 6.45) is 8.14. The van der Waals surface area contributed by atoms with Gasteiger partial charge in [-0.25, -0.2) is 19.7 Å². The van der Waals surface area contributed by atoms with Crippen LogP contribution in [0.25, 0.3) is 22.1 Å². The maximum absolute atomic E-state index is 13.1. The number of hydrogen-bond donors (Lipinski definition) is 1. The molecule has 38 heavy (non-hydrogen) atoms. The number of nitrogens with zero attached hydrogens (tertiary/aromatic N) is 8. The minimum Gasteiger partial charge on any atom is -0.497 e. The molecule has 4 heterocycles. The van der Waals surface area contributed by atoms with Gasteiger partial charge in [0.15, 0.2) is 11.5 Å². The molecule has 4 aromatic heterocycles. The standard InChI is InChI=1S/C25H23N9O3S/c1-32(2)25(36)34-14-19(21(31-34)22-26-9-4-10-27-22)29-23(35)20-15-38-24(30-20)17-11-28-33(13-17)12-16-5-7-18(37-3)8-6-16/h4-11,13-15H,12H2,1-3H3,(H,29,35). The van der Waals surface area contributed by atoms with E-state index in [9.17, 15) is 9.59 Å². The number of methoxy groups -OCH3 is 1. The summed E-state index contributed by atoms with van der Waals surface area (Å²) >= 11 is 1.33. The van der Waals surface area contributed by atoms with Crippen LogP contribution < -0.4 is 10.1 Å². The van der Waals surface area contributed by atoms with E-state index in [1.807, 2.05) is 30.5 Å². The molecule has 0 atom stereocenters. The van der Waals surface area contributed by atoms with Crippen LogP contribution in [0.2, 0.25) is 0 Å². The van der Waals surface area contributed by atoms with Gasteiger partial charge in [-0.2, -0.15) is 14.9 Å². The lowest BCUT2D eigenvalue weighted by atomic mass is 10.2. The zero-order valence-corrected chi connectivity index (χ0v) is 21.6. The molecule has 0 fully saturated rings. The first-order chi connectivity index (χ1) is 18.4. The number of benzene rings is 1. The van der Waals surface area contributed by atoms with Crippen LogP contribution >= 0.6 is 11.3 Å². The number of hydrogen-bond acceptors (Lipinski definition) is 9. The number of rotatable bonds is 7. The number of anilines is 1. The molecule has 0 saturated carbocycles. The Balaban J connectivity index is 1.33. The van der Waals surface area contributed by atoms with E-state index in [1.54, 1.807) is 55.9 Å². The number of carbonyl (C=O) groups excluding carboxylic acids is 2. The largest absolute Gasteiger partial charge is 0.497 e. The van der Waals surface area contributed by atoms with Crippen molar-refractivity contribution in [1.29, 1.82) is 0 Å². The minimum absolute atomic E-state index is 0.222. The summed E-state index contributed by atoms with van der Waals surface area (Å²) in [7, 11) is 4.85. The fourth-order valence-electron chi connectivity index (χ4n) is 3.53. The van der Waals surface area contributed by atoms with E-state index >= 15 is 0 Å². The Hall–Kier alpha value is -4.91. The second-order valence-electron chi connectivity index (χ2n) is 8.35. The Labute approximate surface area is 221 Å². The Morgan fingerprint density at radius 3 is 2.58 bits per heavy atom. The molecule has 0 aliphatic carbocycles. The van der Waals surface area contributed by atoms with Gasteiger partial charge in [0.05, 0.1) is 31.7 Å². The molecule has 0 spiro atoms. The van der Waals surface area contributed by atoms with Crippen LogP contribution in [-0.4, -0.2) is 72.6 Å². The second kappa shape index (κ2) is 10.6. The fraction of sp³-hybridized carbons (Fsp3) is 0.160. The summed E-state index contributed by atoms with van der Waals surface area (Å²) in [5, 5.41) is 13.8. The van der Waals surface area contributed by atoms with Crippen LogP contribution in [0.15, 0.2) is 66.7 Å². The van der Waals surface area contributed by atoms with Crippen molar-refractivity contribution in [2.24, 2.45) is 0 Å². The number of carbonyl (C=O) groups is 2. The molecule has 12 nitrogen and oxygen atoms in total. The van der Waals surface area contributed by atoms with Crippen molar-refractivity contribution in [2.45, 2.75) is 6.54 Å². The summed E-state index contributed by atoms with van der Waals surface area (Å²) in [6, 6.07) is 9.05. The van der Waals surface area contributed by atoms with Crippen molar-refractivity contribution in [3.63, 3.8) is 0 Å². The van der Waals surface area contributed by atoms with Gasteiger partial charge in [-0.15, -0.1) is 11.3 Å². The van der Waals surface area contributed by atoms with Crippen LogP contribution in [0.4, 0.5) is 10.5 Å². The molecule has 13 heteroatoms. The third-order valence-corrected chi connectivity index (χ3v) is 6.33. The smallest absolute Gasteiger partial charge is 0.344 e. The van der Waals surface area contributed by atoms with Crippen molar-refractivity contribution in [1.82, 2.24) is 39.4 Å². The van der Waals surface area contributed by atoms with Crippen LogP contribution in [0.5, 0.6) is 5.75 Å². The van der Waals surface area contributed by atoms with Gasteiger partial charge in [0, 0.05) is 43.6 Å². The maximum Gasteiger partial charge on any atom is 0.344 e. The van der Waals surface area contributed by atoms with Crippen LogP contribution in [0.3, 0.4) is 0 Å². The Morgan fingerprint density at radius 2 is 1.87 bits per heavy atom. The van der Waals surface area contributed by atoms with Crippen molar-refractivity contribution in [2.75, 3.05) is 26.5 Å². The first kappa shape index (κ1) is 24.8. The van der Waals surface area contributed by atoms with Gasteiger partial charge in [0.2, 0.25) is 0 Å². The molecule has 0 aliphatic rings. The zero-order chi connectivity index (χ0) is 26.6. The third-order valence-electron chi connectivity index (χ3n) is 5.44. The Morgan fingerprint density at radius 1 is 1.11 bits per heavy atom. The van der Waals surface area contributed by atoms with E-state index in [0.717, 1.165) is 21.6 Å². The zero-order valence-electron chi connectivity index (χ0n) is 20.8. The quantitative estimate of drug-likeness (QED) is 0.339. The van der Waals surface area contributed by atoms with Crippen LogP contribution in [0, 0.1) is 0 Å². The molecule has 0 bridgehead atoms. The highest BCUT2D eigenvalue weighted by Crippen LogP contribution is 2.27. The molecule has 1 N–H and O–H groups in total. The van der Waals surface area contributed by atoms with Gasteiger partial charge in [0.1, 0.15) is 16.5 Å². The predicted octanol–water partition coefficient (Wildman–Crippen LogP) is 3.50. The normalized spacial score (nSPS) is 10.8. The van der Waals surface area contributed by atoms with Crippen molar-refractivity contribution in [3.8, 4) is 27.8 Å². The molecule has 192 valence electrons. The lowest BCUT2D eigenvalue weighted by molar-refractivity contribution is 0.102. The summed E-state index contributed by atoms with van der Waals surface area (Å²) in [5.74, 6) is 0.618. The summed E-state index contributed by atoms with van der Waals surface area (Å²) in [4.78, 5) is 39.8. The van der Waals surface area contributed by atoms with E-state index in [0.29, 0.717) is 17.2 Å². The summed E-state index contributed by atoms with van der Waals surface area (Å²) in [6.45, 7) is 0.586. The monoisotopic (exact) mass is 529 g/mol. The van der Waals surface area contributed by atoms with Crippen molar-refractivity contribution in [3.05, 3.63) is 78.0 Å². The van der Waals surface area contributed by atoms with E-state index < -0.39 is 5.91 Å².